The third-order valence-electron chi connectivity index (χ3n) is 5.90. The van der Waals surface area contributed by atoms with Crippen molar-refractivity contribution in [1.29, 1.82) is 5.26 Å². The van der Waals surface area contributed by atoms with Crippen molar-refractivity contribution in [3.05, 3.63) is 33.9 Å². The highest BCUT2D eigenvalue weighted by molar-refractivity contribution is 5.53. The van der Waals surface area contributed by atoms with Gasteiger partial charge in [0.25, 0.3) is 5.56 Å². The second-order valence-electron chi connectivity index (χ2n) is 7.35. The summed E-state index contributed by atoms with van der Waals surface area (Å²) in [6.07, 6.45) is 8.23. The maximum absolute atomic E-state index is 12.2. The van der Waals surface area contributed by atoms with Crippen LogP contribution in [0.15, 0.2) is 17.1 Å². The van der Waals surface area contributed by atoms with E-state index in [1.165, 1.54) is 42.8 Å². The Morgan fingerprint density at radius 1 is 1.33 bits per heavy atom. The van der Waals surface area contributed by atoms with Gasteiger partial charge in [0, 0.05) is 31.4 Å². The first-order chi connectivity index (χ1) is 11.7. The fraction of sp³-hybridized carbons (Fsp3) is 0.611. The zero-order valence-electron chi connectivity index (χ0n) is 14.0. The molecule has 2 atom stereocenters. The Bertz CT molecular complexity index is 841. The van der Waals surface area contributed by atoms with Crippen molar-refractivity contribution in [3.8, 4) is 6.07 Å². The Balaban J connectivity index is 1.58. The summed E-state index contributed by atoms with van der Waals surface area (Å²) in [6, 6.07) is 4.19. The van der Waals surface area contributed by atoms with E-state index >= 15 is 0 Å². The van der Waals surface area contributed by atoms with Gasteiger partial charge in [-0.15, -0.1) is 0 Å². The average molecular weight is 325 g/mol. The number of aromatic amines is 1. The van der Waals surface area contributed by atoms with Gasteiger partial charge in [-0.2, -0.15) is 5.26 Å². The number of piperidine rings is 1. The van der Waals surface area contributed by atoms with Crippen molar-refractivity contribution in [2.75, 3.05) is 6.54 Å². The molecule has 2 aromatic heterocycles. The van der Waals surface area contributed by atoms with Crippen molar-refractivity contribution in [1.82, 2.24) is 19.5 Å². The molecule has 6 nitrogen and oxygen atoms in total. The van der Waals surface area contributed by atoms with Crippen LogP contribution in [0.1, 0.15) is 50.3 Å². The molecule has 3 heterocycles. The van der Waals surface area contributed by atoms with Crippen LogP contribution in [0.5, 0.6) is 0 Å². The Hall–Kier alpha value is -2.13. The number of nitrogens with zero attached hydrogens (tertiary/aromatic N) is 4. The second-order valence-corrected chi connectivity index (χ2v) is 7.35. The van der Waals surface area contributed by atoms with Gasteiger partial charge in [0.15, 0.2) is 5.65 Å². The van der Waals surface area contributed by atoms with Gasteiger partial charge < -0.3 is 0 Å². The number of hydrogen-bond acceptors (Lipinski definition) is 4. The number of aromatic nitrogens is 3. The molecule has 1 saturated heterocycles. The Morgan fingerprint density at radius 2 is 2.17 bits per heavy atom. The number of fused-ring (bicyclic) bond motifs is 1. The van der Waals surface area contributed by atoms with Crippen LogP contribution in [0.2, 0.25) is 0 Å². The third kappa shape index (κ3) is 2.63. The van der Waals surface area contributed by atoms with E-state index in [0.717, 1.165) is 24.1 Å². The number of nitriles is 1. The van der Waals surface area contributed by atoms with Crippen molar-refractivity contribution < 1.29 is 0 Å². The minimum Gasteiger partial charge on any atom is -0.295 e. The van der Waals surface area contributed by atoms with E-state index in [1.807, 2.05) is 0 Å². The van der Waals surface area contributed by atoms with Gasteiger partial charge in [-0.3, -0.25) is 14.8 Å². The van der Waals surface area contributed by atoms with E-state index in [4.69, 9.17) is 5.26 Å². The van der Waals surface area contributed by atoms with Crippen molar-refractivity contribution in [2.24, 2.45) is 11.8 Å². The van der Waals surface area contributed by atoms with Crippen LogP contribution in [0, 0.1) is 23.2 Å². The van der Waals surface area contributed by atoms with Crippen LogP contribution in [0.3, 0.4) is 0 Å². The van der Waals surface area contributed by atoms with Crippen LogP contribution in [-0.2, 0) is 6.54 Å². The lowest BCUT2D eigenvalue weighted by Gasteiger charge is -2.43. The Morgan fingerprint density at radius 3 is 2.88 bits per heavy atom. The Kier molecular flexibility index (Phi) is 3.89. The lowest BCUT2D eigenvalue weighted by atomic mass is 9.72. The van der Waals surface area contributed by atoms with Gasteiger partial charge in [0.1, 0.15) is 11.6 Å². The molecular weight excluding hydrogens is 302 g/mol. The van der Waals surface area contributed by atoms with Gasteiger partial charge >= 0.3 is 0 Å². The molecule has 1 saturated carbocycles. The average Bonchev–Trinajstić information content (AvgIpc) is 2.92. The molecule has 2 unspecified atom stereocenters. The molecule has 2 aromatic rings. The van der Waals surface area contributed by atoms with Gasteiger partial charge in [-0.1, -0.05) is 19.3 Å². The summed E-state index contributed by atoms with van der Waals surface area (Å²) in [5.74, 6) is 1.69. The minimum atomic E-state index is -0.156. The fourth-order valence-corrected chi connectivity index (χ4v) is 4.13. The molecule has 0 spiro atoms. The monoisotopic (exact) mass is 325 g/mol. The summed E-state index contributed by atoms with van der Waals surface area (Å²) in [4.78, 5) is 19.3. The number of hydrogen-bond donors (Lipinski definition) is 1. The van der Waals surface area contributed by atoms with E-state index in [2.05, 4.69) is 28.0 Å². The smallest absolute Gasteiger partial charge is 0.272 e. The summed E-state index contributed by atoms with van der Waals surface area (Å²) < 4.78 is 1.33. The summed E-state index contributed by atoms with van der Waals surface area (Å²) in [5.41, 5.74) is 1.45. The Labute approximate surface area is 141 Å². The first-order valence-corrected chi connectivity index (χ1v) is 8.90. The second kappa shape index (κ2) is 6.06. The molecule has 0 aromatic carbocycles. The molecule has 126 valence electrons. The highest BCUT2D eigenvalue weighted by Gasteiger charge is 2.33. The van der Waals surface area contributed by atoms with E-state index < -0.39 is 0 Å². The zero-order chi connectivity index (χ0) is 16.7. The molecule has 4 rings (SSSR count). The standard InChI is InChI=1S/C18H23N5O/c1-12-5-6-14(13-3-2-4-13)10-22(12)11-16-7-17(24)23-18(21-16)15(8-19)9-20-23/h7,9,12-14,20H,2-6,10-11H2,1H3. The molecule has 0 radical (unpaired) electrons. The molecule has 0 bridgehead atoms. The normalized spacial score (nSPS) is 25.5. The molecule has 2 fully saturated rings. The largest absolute Gasteiger partial charge is 0.295 e. The van der Waals surface area contributed by atoms with E-state index in [-0.39, 0.29) is 5.56 Å². The van der Waals surface area contributed by atoms with Crippen LogP contribution in [-0.4, -0.2) is 32.1 Å². The molecule has 1 aliphatic heterocycles. The summed E-state index contributed by atoms with van der Waals surface area (Å²) in [5, 5.41) is 12.0. The van der Waals surface area contributed by atoms with E-state index in [1.54, 1.807) is 6.07 Å². The SMILES string of the molecule is CC1CCC(C2CCC2)CN1Cc1cc(=O)n2[nH]cc(C#N)c2n1. The summed E-state index contributed by atoms with van der Waals surface area (Å²) >= 11 is 0. The van der Waals surface area contributed by atoms with E-state index in [9.17, 15) is 4.79 Å². The van der Waals surface area contributed by atoms with Gasteiger partial charge in [-0.05, 0) is 31.6 Å². The number of H-pyrrole nitrogens is 1. The molecule has 24 heavy (non-hydrogen) atoms. The van der Waals surface area contributed by atoms with Crippen LogP contribution >= 0.6 is 0 Å². The number of nitrogens with one attached hydrogen (secondary N) is 1. The molecule has 1 N–H and O–H groups in total. The quantitative estimate of drug-likeness (QED) is 0.939. The highest BCUT2D eigenvalue weighted by atomic mass is 16.1. The number of likely N-dealkylation sites (tertiary alicyclic amines) is 1. The maximum Gasteiger partial charge on any atom is 0.272 e. The fourth-order valence-electron chi connectivity index (χ4n) is 4.13. The van der Waals surface area contributed by atoms with Gasteiger partial charge in [0.05, 0.1) is 5.69 Å². The predicted molar refractivity (Wildman–Crippen MR) is 90.5 cm³/mol. The molecule has 0 amide bonds. The maximum atomic E-state index is 12.2. The molecule has 6 heteroatoms. The van der Waals surface area contributed by atoms with Crippen LogP contribution in [0.25, 0.3) is 5.65 Å². The minimum absolute atomic E-state index is 0.156. The summed E-state index contributed by atoms with van der Waals surface area (Å²) in [6.45, 7) is 4.05. The van der Waals surface area contributed by atoms with Gasteiger partial charge in [-0.25, -0.2) is 9.50 Å². The zero-order valence-corrected chi connectivity index (χ0v) is 14.0. The molecular formula is C18H23N5O. The van der Waals surface area contributed by atoms with Crippen molar-refractivity contribution in [2.45, 2.75) is 51.6 Å². The first-order valence-electron chi connectivity index (χ1n) is 8.90. The van der Waals surface area contributed by atoms with Crippen LogP contribution in [0.4, 0.5) is 0 Å². The lowest BCUT2D eigenvalue weighted by Crippen LogP contribution is -2.44. The van der Waals surface area contributed by atoms with Crippen LogP contribution < -0.4 is 5.56 Å². The lowest BCUT2D eigenvalue weighted by molar-refractivity contribution is 0.0559. The molecule has 2 aliphatic rings. The number of rotatable bonds is 3. The van der Waals surface area contributed by atoms with Crippen molar-refractivity contribution >= 4 is 5.65 Å². The van der Waals surface area contributed by atoms with Gasteiger partial charge in [0.2, 0.25) is 0 Å². The summed E-state index contributed by atoms with van der Waals surface area (Å²) in [7, 11) is 0. The predicted octanol–water partition coefficient (Wildman–Crippen LogP) is 2.29. The van der Waals surface area contributed by atoms with E-state index in [0.29, 0.717) is 23.8 Å². The van der Waals surface area contributed by atoms with Crippen molar-refractivity contribution in [3.63, 3.8) is 0 Å². The first kappa shape index (κ1) is 15.4. The third-order valence-corrected chi connectivity index (χ3v) is 5.90. The molecule has 1 aliphatic carbocycles. The topological polar surface area (TPSA) is 77.2 Å². The highest BCUT2D eigenvalue weighted by Crippen LogP contribution is 2.39.